The molecular formula is C14H9FN2O. The quantitative estimate of drug-likeness (QED) is 0.642. The molecule has 18 heavy (non-hydrogen) atoms. The first-order valence-corrected chi connectivity index (χ1v) is 5.46. The largest absolute Gasteiger partial charge is 0.455 e. The second-order valence-corrected chi connectivity index (χ2v) is 3.75. The number of benzene rings is 1. The Bertz CT molecular complexity index is 695. The highest BCUT2D eigenvalue weighted by molar-refractivity contribution is 5.84. The monoisotopic (exact) mass is 240 g/mol. The number of hydrogen-bond acceptors (Lipinski definition) is 3. The van der Waals surface area contributed by atoms with Crippen LogP contribution < -0.4 is 4.74 Å². The van der Waals surface area contributed by atoms with Crippen molar-refractivity contribution in [1.82, 2.24) is 9.97 Å². The number of rotatable bonds is 2. The lowest BCUT2D eigenvalue weighted by molar-refractivity contribution is 0.476. The van der Waals surface area contributed by atoms with E-state index in [9.17, 15) is 4.39 Å². The van der Waals surface area contributed by atoms with Crippen LogP contribution in [0, 0.1) is 5.95 Å². The summed E-state index contributed by atoms with van der Waals surface area (Å²) >= 11 is 0. The van der Waals surface area contributed by atoms with E-state index in [2.05, 4.69) is 9.97 Å². The van der Waals surface area contributed by atoms with Gasteiger partial charge in [0.1, 0.15) is 11.3 Å². The molecule has 0 aliphatic carbocycles. The fourth-order valence-corrected chi connectivity index (χ4v) is 1.73. The van der Waals surface area contributed by atoms with Crippen molar-refractivity contribution in [2.24, 2.45) is 0 Å². The lowest BCUT2D eigenvalue weighted by Crippen LogP contribution is -1.89. The molecule has 0 fully saturated rings. The maximum absolute atomic E-state index is 13.0. The van der Waals surface area contributed by atoms with Gasteiger partial charge in [0.2, 0.25) is 5.95 Å². The van der Waals surface area contributed by atoms with Crippen LogP contribution in [0.15, 0.2) is 54.9 Å². The molecule has 0 saturated carbocycles. The van der Waals surface area contributed by atoms with Crippen LogP contribution >= 0.6 is 0 Å². The maximum Gasteiger partial charge on any atom is 0.216 e. The topological polar surface area (TPSA) is 35.0 Å². The Hall–Kier alpha value is -2.49. The highest BCUT2D eigenvalue weighted by Crippen LogP contribution is 2.27. The third kappa shape index (κ3) is 2.00. The number of halogens is 1. The van der Waals surface area contributed by atoms with Gasteiger partial charge in [-0.25, -0.2) is 4.98 Å². The molecule has 3 aromatic rings. The molecule has 2 heterocycles. The van der Waals surface area contributed by atoms with Gasteiger partial charge in [-0.15, -0.1) is 0 Å². The summed E-state index contributed by atoms with van der Waals surface area (Å²) in [5, 5.41) is 0.976. The average Bonchev–Trinajstić information content (AvgIpc) is 2.39. The van der Waals surface area contributed by atoms with E-state index in [4.69, 9.17) is 4.74 Å². The first kappa shape index (κ1) is 10.7. The van der Waals surface area contributed by atoms with Gasteiger partial charge in [0, 0.05) is 23.8 Å². The minimum atomic E-state index is -0.569. The van der Waals surface area contributed by atoms with E-state index in [1.165, 1.54) is 12.3 Å². The van der Waals surface area contributed by atoms with Gasteiger partial charge in [0.15, 0.2) is 5.75 Å². The van der Waals surface area contributed by atoms with Gasteiger partial charge in [-0.1, -0.05) is 18.2 Å². The van der Waals surface area contributed by atoms with E-state index in [1.807, 2.05) is 24.3 Å². The highest BCUT2D eigenvalue weighted by atomic mass is 19.1. The lowest BCUT2D eigenvalue weighted by atomic mass is 10.2. The second-order valence-electron chi connectivity index (χ2n) is 3.75. The van der Waals surface area contributed by atoms with E-state index in [0.29, 0.717) is 11.5 Å². The highest BCUT2D eigenvalue weighted by Gasteiger charge is 2.04. The average molecular weight is 240 g/mol. The number of nitrogens with zero attached hydrogens (tertiary/aromatic N) is 2. The number of fused-ring (bicyclic) bond motifs is 1. The molecule has 3 rings (SSSR count). The molecule has 0 bridgehead atoms. The zero-order chi connectivity index (χ0) is 12.4. The van der Waals surface area contributed by atoms with Crippen molar-refractivity contribution >= 4 is 10.9 Å². The Morgan fingerprint density at radius 2 is 1.83 bits per heavy atom. The first-order chi connectivity index (χ1) is 8.83. The van der Waals surface area contributed by atoms with Crippen molar-refractivity contribution in [2.45, 2.75) is 0 Å². The van der Waals surface area contributed by atoms with Crippen molar-refractivity contribution in [3.05, 3.63) is 60.8 Å². The van der Waals surface area contributed by atoms with E-state index >= 15 is 0 Å². The summed E-state index contributed by atoms with van der Waals surface area (Å²) < 4.78 is 18.6. The van der Waals surface area contributed by atoms with Gasteiger partial charge < -0.3 is 4.74 Å². The van der Waals surface area contributed by atoms with Crippen LogP contribution in [0.25, 0.3) is 10.9 Å². The van der Waals surface area contributed by atoms with E-state index in [1.54, 1.807) is 18.3 Å². The van der Waals surface area contributed by atoms with Crippen LogP contribution in [0.1, 0.15) is 0 Å². The SMILES string of the molecule is Fc1cc(Oc2cccc3cccnc23)ccn1. The molecule has 88 valence electrons. The molecular weight excluding hydrogens is 231 g/mol. The predicted octanol–water partition coefficient (Wildman–Crippen LogP) is 3.56. The van der Waals surface area contributed by atoms with Crippen LogP contribution in [0.2, 0.25) is 0 Å². The van der Waals surface area contributed by atoms with Gasteiger partial charge >= 0.3 is 0 Å². The molecule has 4 heteroatoms. The summed E-state index contributed by atoms with van der Waals surface area (Å²) in [7, 11) is 0. The summed E-state index contributed by atoms with van der Waals surface area (Å²) in [5.74, 6) is 0.431. The van der Waals surface area contributed by atoms with Gasteiger partial charge in [-0.3, -0.25) is 4.98 Å². The van der Waals surface area contributed by atoms with Gasteiger partial charge in [-0.05, 0) is 18.2 Å². The normalized spacial score (nSPS) is 10.5. The molecule has 0 spiro atoms. The third-order valence-corrected chi connectivity index (χ3v) is 2.52. The Balaban J connectivity index is 2.05. The molecule has 2 aromatic heterocycles. The maximum atomic E-state index is 13.0. The molecule has 1 aromatic carbocycles. The van der Waals surface area contributed by atoms with Crippen LogP contribution in [0.4, 0.5) is 4.39 Å². The van der Waals surface area contributed by atoms with Crippen molar-refractivity contribution in [3.8, 4) is 11.5 Å². The van der Waals surface area contributed by atoms with Crippen molar-refractivity contribution in [1.29, 1.82) is 0 Å². The molecule has 3 nitrogen and oxygen atoms in total. The number of hydrogen-bond donors (Lipinski definition) is 0. The van der Waals surface area contributed by atoms with Gasteiger partial charge in [-0.2, -0.15) is 4.39 Å². The Labute approximate surface area is 103 Å². The van der Waals surface area contributed by atoms with Crippen molar-refractivity contribution < 1.29 is 9.13 Å². The minimum absolute atomic E-state index is 0.403. The third-order valence-electron chi connectivity index (χ3n) is 2.52. The van der Waals surface area contributed by atoms with Crippen LogP contribution in [-0.2, 0) is 0 Å². The predicted molar refractivity (Wildman–Crippen MR) is 66.0 cm³/mol. The molecule has 0 amide bonds. The minimum Gasteiger partial charge on any atom is -0.455 e. The van der Waals surface area contributed by atoms with Crippen LogP contribution in [0.3, 0.4) is 0 Å². The summed E-state index contributed by atoms with van der Waals surface area (Å²) in [4.78, 5) is 7.75. The second kappa shape index (κ2) is 4.41. The lowest BCUT2D eigenvalue weighted by Gasteiger charge is -2.07. The number of aromatic nitrogens is 2. The fourth-order valence-electron chi connectivity index (χ4n) is 1.73. The fraction of sp³-hybridized carbons (Fsp3) is 0. The zero-order valence-electron chi connectivity index (χ0n) is 9.38. The molecule has 0 saturated heterocycles. The Morgan fingerprint density at radius 3 is 2.72 bits per heavy atom. The van der Waals surface area contributed by atoms with Crippen LogP contribution in [0.5, 0.6) is 11.5 Å². The number of pyridine rings is 2. The standard InChI is InChI=1S/C14H9FN2O/c15-13-9-11(6-8-16-13)18-12-5-1-3-10-4-2-7-17-14(10)12/h1-9H. The van der Waals surface area contributed by atoms with Crippen LogP contribution in [-0.4, -0.2) is 9.97 Å². The molecule has 0 aliphatic rings. The van der Waals surface area contributed by atoms with E-state index in [0.717, 1.165) is 10.9 Å². The number of ether oxygens (including phenoxy) is 1. The molecule has 0 N–H and O–H groups in total. The molecule has 0 aliphatic heterocycles. The molecule has 0 unspecified atom stereocenters. The van der Waals surface area contributed by atoms with Gasteiger partial charge in [0.05, 0.1) is 0 Å². The smallest absolute Gasteiger partial charge is 0.216 e. The molecule has 0 radical (unpaired) electrons. The Morgan fingerprint density at radius 1 is 0.944 bits per heavy atom. The van der Waals surface area contributed by atoms with Gasteiger partial charge in [0.25, 0.3) is 0 Å². The zero-order valence-corrected chi connectivity index (χ0v) is 9.38. The molecule has 0 atom stereocenters. The Kier molecular flexibility index (Phi) is 2.61. The van der Waals surface area contributed by atoms with Crippen molar-refractivity contribution in [2.75, 3.05) is 0 Å². The summed E-state index contributed by atoms with van der Waals surface area (Å²) in [6.07, 6.45) is 3.06. The first-order valence-electron chi connectivity index (χ1n) is 5.46. The number of para-hydroxylation sites is 1. The van der Waals surface area contributed by atoms with Crippen molar-refractivity contribution in [3.63, 3.8) is 0 Å². The van der Waals surface area contributed by atoms with E-state index < -0.39 is 5.95 Å². The summed E-state index contributed by atoms with van der Waals surface area (Å²) in [5.41, 5.74) is 0.747. The van der Waals surface area contributed by atoms with E-state index in [-0.39, 0.29) is 0 Å². The summed E-state index contributed by atoms with van der Waals surface area (Å²) in [6, 6.07) is 12.3. The summed E-state index contributed by atoms with van der Waals surface area (Å²) in [6.45, 7) is 0.